The summed E-state index contributed by atoms with van der Waals surface area (Å²) in [6.07, 6.45) is 3.86. The molecule has 9 heteroatoms. The highest BCUT2D eigenvalue weighted by molar-refractivity contribution is 7.07. The number of aryl methyl sites for hydroxylation is 1. The van der Waals surface area contributed by atoms with Crippen molar-refractivity contribution in [2.24, 2.45) is 12.0 Å². The van der Waals surface area contributed by atoms with Gasteiger partial charge in [0.25, 0.3) is 5.56 Å². The van der Waals surface area contributed by atoms with Crippen molar-refractivity contribution in [3.63, 3.8) is 0 Å². The first-order chi connectivity index (χ1) is 16.8. The van der Waals surface area contributed by atoms with E-state index in [2.05, 4.69) is 4.99 Å². The van der Waals surface area contributed by atoms with Crippen LogP contribution in [0.3, 0.4) is 0 Å². The summed E-state index contributed by atoms with van der Waals surface area (Å²) >= 11 is 7.60. The fourth-order valence-corrected chi connectivity index (χ4v) is 5.75. The average molecular weight is 508 g/mol. The minimum atomic E-state index is -0.804. The van der Waals surface area contributed by atoms with Gasteiger partial charge < -0.3 is 14.0 Å². The molecule has 0 bridgehead atoms. The van der Waals surface area contributed by atoms with E-state index in [9.17, 15) is 9.59 Å². The Hall–Kier alpha value is -3.62. The highest BCUT2D eigenvalue weighted by Crippen LogP contribution is 2.37. The molecule has 4 aromatic rings. The average Bonchev–Trinajstić information content (AvgIpc) is 3.33. The molecule has 3 heterocycles. The van der Waals surface area contributed by atoms with Crippen LogP contribution in [-0.2, 0) is 16.6 Å². The molecule has 5 rings (SSSR count). The van der Waals surface area contributed by atoms with Gasteiger partial charge in [0.1, 0.15) is 11.8 Å². The minimum Gasteiger partial charge on any atom is -0.496 e. The van der Waals surface area contributed by atoms with E-state index in [4.69, 9.17) is 21.1 Å². The first-order valence-electron chi connectivity index (χ1n) is 10.8. The normalized spacial score (nSPS) is 15.8. The fraction of sp³-hybridized carbons (Fsp3) is 0.192. The Kier molecular flexibility index (Phi) is 5.86. The van der Waals surface area contributed by atoms with Crippen molar-refractivity contribution in [2.75, 3.05) is 14.2 Å². The van der Waals surface area contributed by atoms with Crippen LogP contribution in [0.25, 0.3) is 17.0 Å². The molecule has 1 atom stereocenters. The van der Waals surface area contributed by atoms with Gasteiger partial charge in [0.2, 0.25) is 0 Å². The zero-order valence-corrected chi connectivity index (χ0v) is 21.1. The van der Waals surface area contributed by atoms with Crippen molar-refractivity contribution in [1.82, 2.24) is 9.13 Å². The molecule has 0 unspecified atom stereocenters. The molecular formula is C26H22ClN3O4S. The SMILES string of the molecule is COC(=O)C1=C(C)N=c2s/c(=C\c3cn(C)c4ccccc34)c(=O)n2[C@H]1c1cc(Cl)ccc1OC. The predicted octanol–water partition coefficient (Wildman–Crippen LogP) is 3.56. The number of esters is 1. The maximum Gasteiger partial charge on any atom is 0.338 e. The van der Waals surface area contributed by atoms with Crippen LogP contribution in [0.4, 0.5) is 0 Å². The van der Waals surface area contributed by atoms with Crippen LogP contribution in [0, 0.1) is 0 Å². The lowest BCUT2D eigenvalue weighted by Gasteiger charge is -2.25. The molecule has 7 nitrogen and oxygen atoms in total. The molecule has 0 radical (unpaired) electrons. The van der Waals surface area contributed by atoms with E-state index in [1.165, 1.54) is 30.1 Å². The summed E-state index contributed by atoms with van der Waals surface area (Å²) in [5.41, 5.74) is 3.04. The van der Waals surface area contributed by atoms with Gasteiger partial charge in [-0.25, -0.2) is 9.79 Å². The second-order valence-corrected chi connectivity index (χ2v) is 9.62. The standard InChI is InChI=1S/C26H22ClN3O4S/c1-14-22(25(32)34-4)23(18-12-16(27)9-10-20(18)33-3)30-24(31)21(35-26(30)28-14)11-15-13-29(2)19-8-6-5-7-17(15)19/h5-13,23H,1-4H3/b21-11-/t23-/m0/s1. The first kappa shape index (κ1) is 23.1. The van der Waals surface area contributed by atoms with Gasteiger partial charge in [0.15, 0.2) is 4.80 Å². The number of fused-ring (bicyclic) bond motifs is 2. The lowest BCUT2D eigenvalue weighted by Crippen LogP contribution is -2.40. The van der Waals surface area contributed by atoms with E-state index in [0.29, 0.717) is 31.4 Å². The topological polar surface area (TPSA) is 74.8 Å². The molecule has 1 aliphatic rings. The number of halogens is 1. The Morgan fingerprint density at radius 2 is 1.97 bits per heavy atom. The second kappa shape index (κ2) is 8.87. The molecule has 0 N–H and O–H groups in total. The van der Waals surface area contributed by atoms with Crippen LogP contribution in [0.15, 0.2) is 69.7 Å². The number of nitrogens with zero attached hydrogens (tertiary/aromatic N) is 3. The summed E-state index contributed by atoms with van der Waals surface area (Å²) in [6, 6.07) is 12.3. The third-order valence-corrected chi connectivity index (χ3v) is 7.35. The zero-order chi connectivity index (χ0) is 24.9. The van der Waals surface area contributed by atoms with Crippen LogP contribution in [0.2, 0.25) is 5.02 Å². The van der Waals surface area contributed by atoms with E-state index in [1.54, 1.807) is 25.1 Å². The molecule has 1 aliphatic heterocycles. The van der Waals surface area contributed by atoms with E-state index in [1.807, 2.05) is 48.2 Å². The molecule has 2 aromatic carbocycles. The van der Waals surface area contributed by atoms with Gasteiger partial charge in [-0.2, -0.15) is 0 Å². The molecule has 2 aromatic heterocycles. The lowest BCUT2D eigenvalue weighted by atomic mass is 9.95. The van der Waals surface area contributed by atoms with Crippen molar-refractivity contribution in [3.8, 4) is 5.75 Å². The smallest absolute Gasteiger partial charge is 0.338 e. The van der Waals surface area contributed by atoms with Crippen LogP contribution in [0.1, 0.15) is 24.1 Å². The van der Waals surface area contributed by atoms with Gasteiger partial charge in [-0.1, -0.05) is 41.1 Å². The monoisotopic (exact) mass is 507 g/mol. The van der Waals surface area contributed by atoms with E-state index >= 15 is 0 Å². The number of carbonyl (C=O) groups is 1. The number of thiazole rings is 1. The van der Waals surface area contributed by atoms with Gasteiger partial charge in [-0.15, -0.1) is 0 Å². The summed E-state index contributed by atoms with van der Waals surface area (Å²) in [4.78, 5) is 31.8. The number of rotatable bonds is 4. The number of ether oxygens (including phenoxy) is 2. The fourth-order valence-electron chi connectivity index (χ4n) is 4.54. The van der Waals surface area contributed by atoms with Gasteiger partial charge in [0.05, 0.1) is 30.0 Å². The van der Waals surface area contributed by atoms with Gasteiger partial charge in [0, 0.05) is 40.3 Å². The molecule has 0 aliphatic carbocycles. The predicted molar refractivity (Wildman–Crippen MR) is 137 cm³/mol. The summed E-state index contributed by atoms with van der Waals surface area (Å²) < 4.78 is 14.7. The van der Waals surface area contributed by atoms with Crippen LogP contribution in [-0.4, -0.2) is 29.3 Å². The van der Waals surface area contributed by atoms with Crippen molar-refractivity contribution < 1.29 is 14.3 Å². The summed E-state index contributed by atoms with van der Waals surface area (Å²) in [5.74, 6) is -0.0688. The molecule has 35 heavy (non-hydrogen) atoms. The summed E-state index contributed by atoms with van der Waals surface area (Å²) in [5, 5.41) is 1.50. The van der Waals surface area contributed by atoms with Crippen molar-refractivity contribution >= 4 is 45.9 Å². The number of allylic oxidation sites excluding steroid dienone is 1. The van der Waals surface area contributed by atoms with E-state index < -0.39 is 12.0 Å². The number of aromatic nitrogens is 2. The Labute approximate surface area is 209 Å². The molecule has 0 spiro atoms. The van der Waals surface area contributed by atoms with E-state index in [0.717, 1.165) is 16.5 Å². The van der Waals surface area contributed by atoms with Gasteiger partial charge in [-0.3, -0.25) is 9.36 Å². The summed E-state index contributed by atoms with van der Waals surface area (Å²) in [7, 11) is 4.81. The second-order valence-electron chi connectivity index (χ2n) is 8.17. The Morgan fingerprint density at radius 1 is 1.20 bits per heavy atom. The third kappa shape index (κ3) is 3.79. The molecule has 178 valence electrons. The number of hydrogen-bond donors (Lipinski definition) is 0. The van der Waals surface area contributed by atoms with Crippen LogP contribution in [0.5, 0.6) is 5.75 Å². The van der Waals surface area contributed by atoms with Gasteiger partial charge >= 0.3 is 5.97 Å². The Morgan fingerprint density at radius 3 is 2.71 bits per heavy atom. The number of methoxy groups -OCH3 is 2. The largest absolute Gasteiger partial charge is 0.496 e. The maximum atomic E-state index is 13.8. The van der Waals surface area contributed by atoms with Crippen LogP contribution >= 0.6 is 22.9 Å². The minimum absolute atomic E-state index is 0.261. The zero-order valence-electron chi connectivity index (χ0n) is 19.5. The highest BCUT2D eigenvalue weighted by Gasteiger charge is 2.35. The third-order valence-electron chi connectivity index (χ3n) is 6.13. The molecule has 0 saturated heterocycles. The number of hydrogen-bond acceptors (Lipinski definition) is 6. The molecule has 0 amide bonds. The van der Waals surface area contributed by atoms with E-state index in [-0.39, 0.29) is 11.1 Å². The Balaban J connectivity index is 1.81. The summed E-state index contributed by atoms with van der Waals surface area (Å²) in [6.45, 7) is 1.73. The molecule has 0 saturated carbocycles. The number of carbonyl (C=O) groups excluding carboxylic acids is 1. The van der Waals surface area contributed by atoms with Crippen LogP contribution < -0.4 is 19.6 Å². The van der Waals surface area contributed by atoms with Crippen molar-refractivity contribution in [1.29, 1.82) is 0 Å². The Bertz CT molecular complexity index is 1710. The lowest BCUT2D eigenvalue weighted by molar-refractivity contribution is -0.136. The van der Waals surface area contributed by atoms with Crippen molar-refractivity contribution in [2.45, 2.75) is 13.0 Å². The van der Waals surface area contributed by atoms with Crippen molar-refractivity contribution in [3.05, 3.63) is 95.8 Å². The first-order valence-corrected chi connectivity index (χ1v) is 12.0. The molecule has 0 fully saturated rings. The molecular weight excluding hydrogens is 486 g/mol. The quantitative estimate of drug-likeness (QED) is 0.396. The highest BCUT2D eigenvalue weighted by atomic mass is 35.5. The maximum absolute atomic E-state index is 13.8. The van der Waals surface area contributed by atoms with Gasteiger partial charge in [-0.05, 0) is 37.3 Å². The number of benzene rings is 2. The number of para-hydroxylation sites is 1.